The van der Waals surface area contributed by atoms with E-state index in [1.807, 2.05) is 26.1 Å². The van der Waals surface area contributed by atoms with Crippen molar-refractivity contribution in [2.45, 2.75) is 52.3 Å². The Morgan fingerprint density at radius 2 is 2.10 bits per heavy atom. The molecule has 2 aromatic heterocycles. The fraction of sp³-hybridized carbons (Fsp3) is 0.458. The molecule has 3 aromatic rings. The number of anilines is 1. The molecule has 0 radical (unpaired) electrons. The lowest BCUT2D eigenvalue weighted by Crippen LogP contribution is -2.26. The van der Waals surface area contributed by atoms with Crippen molar-refractivity contribution in [3.05, 3.63) is 42.1 Å². The molecule has 0 spiro atoms. The number of aromatic nitrogens is 3. The third-order valence-electron chi connectivity index (χ3n) is 5.79. The average Bonchev–Trinajstić information content (AvgIpc) is 3.36. The fourth-order valence-corrected chi connectivity index (χ4v) is 4.16. The molecule has 1 atom stereocenters. The summed E-state index contributed by atoms with van der Waals surface area (Å²) in [6.45, 7) is 8.58. The van der Waals surface area contributed by atoms with Gasteiger partial charge in [0, 0.05) is 30.9 Å². The van der Waals surface area contributed by atoms with Crippen LogP contribution in [0.25, 0.3) is 22.4 Å². The predicted molar refractivity (Wildman–Crippen MR) is 121 cm³/mol. The van der Waals surface area contributed by atoms with Gasteiger partial charge < -0.3 is 18.9 Å². The summed E-state index contributed by atoms with van der Waals surface area (Å²) in [5.41, 5.74) is 3.13. The largest absolute Gasteiger partial charge is 0.465 e. The molecule has 1 unspecified atom stereocenters. The van der Waals surface area contributed by atoms with E-state index in [1.165, 1.54) is 20.0 Å². The molecule has 4 rings (SSSR count). The third-order valence-corrected chi connectivity index (χ3v) is 5.79. The van der Waals surface area contributed by atoms with E-state index in [-0.39, 0.29) is 12.1 Å². The second-order valence-electron chi connectivity index (χ2n) is 8.29. The number of carbonyl (C=O) groups excluding carboxylic acids is 1. The Hall–Kier alpha value is -2.93. The first-order valence-electron chi connectivity index (χ1n) is 10.9. The number of ether oxygens (including phenoxy) is 2. The van der Waals surface area contributed by atoms with Crippen molar-refractivity contribution in [3.63, 3.8) is 0 Å². The minimum Gasteiger partial charge on any atom is -0.465 e. The topological polar surface area (TPSA) is 69.5 Å². The standard InChI is InChI=1S/C24H30N4O3/c1-16(2)31-13-12-28-21-9-7-18(24(29)30-4)14-20(21)26-23(28)19-8-10-22(25-15-19)27-11-5-6-17(27)3/h7-10,14-17H,5-6,11-13H2,1-4H3. The Morgan fingerprint density at radius 3 is 2.74 bits per heavy atom. The van der Waals surface area contributed by atoms with Crippen molar-refractivity contribution in [2.75, 3.05) is 25.2 Å². The number of benzene rings is 1. The van der Waals surface area contributed by atoms with Gasteiger partial charge in [0.1, 0.15) is 11.6 Å². The Bertz CT molecular complexity index is 1060. The van der Waals surface area contributed by atoms with Crippen molar-refractivity contribution in [2.24, 2.45) is 0 Å². The summed E-state index contributed by atoms with van der Waals surface area (Å²) in [5, 5.41) is 0. The zero-order valence-corrected chi connectivity index (χ0v) is 18.7. The van der Waals surface area contributed by atoms with Crippen molar-refractivity contribution in [3.8, 4) is 11.4 Å². The minimum atomic E-state index is -0.369. The molecule has 7 nitrogen and oxygen atoms in total. The highest BCUT2D eigenvalue weighted by Crippen LogP contribution is 2.28. The van der Waals surface area contributed by atoms with E-state index in [2.05, 4.69) is 28.5 Å². The summed E-state index contributed by atoms with van der Waals surface area (Å²) in [6, 6.07) is 10.1. The first kappa shape index (κ1) is 21.3. The number of nitrogens with zero attached hydrogens (tertiary/aromatic N) is 4. The van der Waals surface area contributed by atoms with Gasteiger partial charge in [-0.15, -0.1) is 0 Å². The van der Waals surface area contributed by atoms with E-state index in [9.17, 15) is 4.79 Å². The first-order valence-corrected chi connectivity index (χ1v) is 10.9. The van der Waals surface area contributed by atoms with E-state index in [0.29, 0.717) is 24.8 Å². The van der Waals surface area contributed by atoms with Crippen molar-refractivity contribution in [1.29, 1.82) is 0 Å². The summed E-state index contributed by atoms with van der Waals surface area (Å²) in [6.07, 6.45) is 4.46. The number of rotatable bonds is 7. The molecule has 0 aliphatic carbocycles. The average molecular weight is 423 g/mol. The van der Waals surface area contributed by atoms with Crippen LogP contribution >= 0.6 is 0 Å². The number of hydrogen-bond donors (Lipinski definition) is 0. The van der Waals surface area contributed by atoms with Gasteiger partial charge in [0.25, 0.3) is 0 Å². The summed E-state index contributed by atoms with van der Waals surface area (Å²) >= 11 is 0. The van der Waals surface area contributed by atoms with Crippen LogP contribution < -0.4 is 4.90 Å². The van der Waals surface area contributed by atoms with Crippen LogP contribution in [0.3, 0.4) is 0 Å². The van der Waals surface area contributed by atoms with E-state index in [0.717, 1.165) is 34.8 Å². The second kappa shape index (κ2) is 9.06. The Morgan fingerprint density at radius 1 is 1.26 bits per heavy atom. The molecule has 7 heteroatoms. The molecule has 0 N–H and O–H groups in total. The Labute approximate surface area is 183 Å². The highest BCUT2D eigenvalue weighted by molar-refractivity contribution is 5.94. The molecule has 31 heavy (non-hydrogen) atoms. The molecule has 164 valence electrons. The number of pyridine rings is 1. The van der Waals surface area contributed by atoms with Crippen molar-refractivity contribution >= 4 is 22.8 Å². The summed E-state index contributed by atoms with van der Waals surface area (Å²) in [7, 11) is 1.38. The fourth-order valence-electron chi connectivity index (χ4n) is 4.16. The maximum atomic E-state index is 12.0. The van der Waals surface area contributed by atoms with Gasteiger partial charge in [-0.1, -0.05) is 0 Å². The van der Waals surface area contributed by atoms with Gasteiger partial charge >= 0.3 is 5.97 Å². The SMILES string of the molecule is COC(=O)c1ccc2c(c1)nc(-c1ccc(N3CCCC3C)nc1)n2CCOC(C)C. The number of hydrogen-bond acceptors (Lipinski definition) is 6. The van der Waals surface area contributed by atoms with Crippen LogP contribution in [0.4, 0.5) is 5.82 Å². The normalized spacial score (nSPS) is 16.4. The van der Waals surface area contributed by atoms with Gasteiger partial charge in [-0.05, 0) is 63.9 Å². The van der Waals surface area contributed by atoms with Crippen molar-refractivity contribution in [1.82, 2.24) is 14.5 Å². The molecule has 3 heterocycles. The van der Waals surface area contributed by atoms with Gasteiger partial charge in [0.15, 0.2) is 0 Å². The van der Waals surface area contributed by atoms with Gasteiger partial charge in [-0.3, -0.25) is 0 Å². The number of esters is 1. The number of carbonyl (C=O) groups is 1. The summed E-state index contributed by atoms with van der Waals surface area (Å²) < 4.78 is 12.8. The maximum Gasteiger partial charge on any atom is 0.337 e. The molecule has 1 aliphatic rings. The summed E-state index contributed by atoms with van der Waals surface area (Å²) in [5.74, 6) is 1.46. The zero-order chi connectivity index (χ0) is 22.0. The lowest BCUT2D eigenvalue weighted by atomic mass is 10.2. The second-order valence-corrected chi connectivity index (χ2v) is 8.29. The van der Waals surface area contributed by atoms with Gasteiger partial charge in [-0.25, -0.2) is 14.8 Å². The number of imidazole rings is 1. The molecule has 0 amide bonds. The molecule has 1 saturated heterocycles. The number of fused-ring (bicyclic) bond motifs is 1. The van der Waals surface area contributed by atoms with Gasteiger partial charge in [0.05, 0.1) is 36.4 Å². The molecule has 1 fully saturated rings. The van der Waals surface area contributed by atoms with E-state index >= 15 is 0 Å². The molecule has 0 bridgehead atoms. The predicted octanol–water partition coefficient (Wildman–Crippen LogP) is 4.30. The van der Waals surface area contributed by atoms with E-state index in [1.54, 1.807) is 12.1 Å². The quantitative estimate of drug-likeness (QED) is 0.529. The van der Waals surface area contributed by atoms with Crippen LogP contribution in [0.5, 0.6) is 0 Å². The van der Waals surface area contributed by atoms with E-state index < -0.39 is 0 Å². The molecular formula is C24H30N4O3. The van der Waals surface area contributed by atoms with Crippen LogP contribution in [0.2, 0.25) is 0 Å². The third kappa shape index (κ3) is 4.42. The maximum absolute atomic E-state index is 12.0. The first-order chi connectivity index (χ1) is 15.0. The lowest BCUT2D eigenvalue weighted by Gasteiger charge is -2.22. The van der Waals surface area contributed by atoms with Crippen molar-refractivity contribution < 1.29 is 14.3 Å². The molecular weight excluding hydrogens is 392 g/mol. The van der Waals surface area contributed by atoms with Crippen LogP contribution in [0.1, 0.15) is 44.0 Å². The Kier molecular flexibility index (Phi) is 6.23. The Balaban J connectivity index is 1.71. The summed E-state index contributed by atoms with van der Waals surface area (Å²) in [4.78, 5) is 23.9. The van der Waals surface area contributed by atoms with Crippen LogP contribution in [-0.2, 0) is 16.0 Å². The van der Waals surface area contributed by atoms with Crippen LogP contribution in [0, 0.1) is 0 Å². The highest BCUT2D eigenvalue weighted by Gasteiger charge is 2.22. The lowest BCUT2D eigenvalue weighted by molar-refractivity contribution is 0.0600. The van der Waals surface area contributed by atoms with Gasteiger partial charge in [0.2, 0.25) is 0 Å². The smallest absolute Gasteiger partial charge is 0.337 e. The number of methoxy groups -OCH3 is 1. The van der Waals surface area contributed by atoms with E-state index in [4.69, 9.17) is 19.4 Å². The van der Waals surface area contributed by atoms with Crippen LogP contribution in [0.15, 0.2) is 36.5 Å². The molecule has 1 aromatic carbocycles. The van der Waals surface area contributed by atoms with Crippen LogP contribution in [-0.4, -0.2) is 52.9 Å². The molecule has 1 aliphatic heterocycles. The minimum absolute atomic E-state index is 0.160. The molecule has 0 saturated carbocycles. The monoisotopic (exact) mass is 422 g/mol. The van der Waals surface area contributed by atoms with Gasteiger partial charge in [-0.2, -0.15) is 0 Å². The highest BCUT2D eigenvalue weighted by atomic mass is 16.5. The zero-order valence-electron chi connectivity index (χ0n) is 18.7.